The minimum atomic E-state index is -0.320. The van der Waals surface area contributed by atoms with Gasteiger partial charge >= 0.3 is 0 Å². The zero-order chi connectivity index (χ0) is 20.5. The molecule has 2 N–H and O–H groups in total. The van der Waals surface area contributed by atoms with Gasteiger partial charge in [0.2, 0.25) is 5.91 Å². The second kappa shape index (κ2) is 7.57. The molecule has 0 radical (unpaired) electrons. The van der Waals surface area contributed by atoms with E-state index in [-0.39, 0.29) is 11.8 Å². The predicted octanol–water partition coefficient (Wildman–Crippen LogP) is 4.43. The standard InChI is InChI=1S/C22H16N4O3S/c27-21-13-30-20-9-8-14(11-17(20)24-21)23-22(28)18-12-16(19-7-4-10-29-19)25-26(18)15-5-2-1-3-6-15/h1-12H,13H2,(H,23,28)(H,24,27). The van der Waals surface area contributed by atoms with Gasteiger partial charge in [-0.1, -0.05) is 18.2 Å². The third-order valence-corrected chi connectivity index (χ3v) is 5.66. The van der Waals surface area contributed by atoms with E-state index in [2.05, 4.69) is 15.7 Å². The Balaban J connectivity index is 1.49. The number of para-hydroxylation sites is 1. The van der Waals surface area contributed by atoms with Crippen molar-refractivity contribution in [3.05, 3.63) is 78.7 Å². The number of benzene rings is 2. The molecule has 0 unspecified atom stereocenters. The number of carbonyl (C=O) groups is 2. The molecule has 1 aliphatic heterocycles. The lowest BCUT2D eigenvalue weighted by Crippen LogP contribution is -2.20. The van der Waals surface area contributed by atoms with Crippen molar-refractivity contribution in [2.75, 3.05) is 16.4 Å². The molecule has 2 aromatic heterocycles. The molecule has 2 amide bonds. The normalized spacial score (nSPS) is 12.9. The van der Waals surface area contributed by atoms with E-state index in [1.807, 2.05) is 42.5 Å². The quantitative estimate of drug-likeness (QED) is 0.514. The van der Waals surface area contributed by atoms with Gasteiger partial charge in [-0.05, 0) is 42.5 Å². The molecular formula is C22H16N4O3S. The molecule has 0 aliphatic carbocycles. The van der Waals surface area contributed by atoms with Gasteiger partial charge in [0.1, 0.15) is 11.4 Å². The fraction of sp³-hybridized carbons (Fsp3) is 0.0455. The summed E-state index contributed by atoms with van der Waals surface area (Å²) in [5.41, 5.74) is 2.96. The Bertz CT molecular complexity index is 1230. The number of nitrogens with zero attached hydrogens (tertiary/aromatic N) is 2. The number of amides is 2. The molecule has 0 saturated carbocycles. The van der Waals surface area contributed by atoms with Gasteiger partial charge in [-0.2, -0.15) is 5.10 Å². The highest BCUT2D eigenvalue weighted by Crippen LogP contribution is 2.33. The molecule has 2 aromatic carbocycles. The maximum atomic E-state index is 13.1. The van der Waals surface area contributed by atoms with Gasteiger partial charge in [-0.25, -0.2) is 4.68 Å². The molecule has 1 aliphatic rings. The van der Waals surface area contributed by atoms with Crippen LogP contribution < -0.4 is 10.6 Å². The predicted molar refractivity (Wildman–Crippen MR) is 115 cm³/mol. The summed E-state index contributed by atoms with van der Waals surface area (Å²) in [6.07, 6.45) is 1.57. The van der Waals surface area contributed by atoms with Crippen LogP contribution in [0.1, 0.15) is 10.5 Å². The fourth-order valence-electron chi connectivity index (χ4n) is 3.21. The fourth-order valence-corrected chi connectivity index (χ4v) is 4.00. The average molecular weight is 416 g/mol. The van der Waals surface area contributed by atoms with Crippen molar-refractivity contribution >= 4 is 35.0 Å². The number of thioether (sulfide) groups is 1. The average Bonchev–Trinajstić information content (AvgIpc) is 3.44. The number of fused-ring (bicyclic) bond motifs is 1. The van der Waals surface area contributed by atoms with E-state index in [0.29, 0.717) is 34.3 Å². The lowest BCUT2D eigenvalue weighted by molar-refractivity contribution is -0.113. The lowest BCUT2D eigenvalue weighted by atomic mass is 10.2. The number of anilines is 2. The summed E-state index contributed by atoms with van der Waals surface area (Å²) in [4.78, 5) is 25.8. The summed E-state index contributed by atoms with van der Waals surface area (Å²) in [5, 5.41) is 10.3. The minimum absolute atomic E-state index is 0.0544. The second-order valence-electron chi connectivity index (χ2n) is 6.64. The van der Waals surface area contributed by atoms with Crippen LogP contribution in [0, 0.1) is 0 Å². The highest BCUT2D eigenvalue weighted by Gasteiger charge is 2.20. The number of hydrogen-bond donors (Lipinski definition) is 2. The number of hydrogen-bond acceptors (Lipinski definition) is 5. The maximum Gasteiger partial charge on any atom is 0.274 e. The number of nitrogens with one attached hydrogen (secondary N) is 2. The van der Waals surface area contributed by atoms with Crippen LogP contribution in [-0.2, 0) is 4.79 Å². The molecule has 148 valence electrons. The van der Waals surface area contributed by atoms with Gasteiger partial charge in [0.05, 0.1) is 23.4 Å². The number of carbonyl (C=O) groups excluding carboxylic acids is 2. The minimum Gasteiger partial charge on any atom is -0.463 e. The molecule has 0 bridgehead atoms. The first-order chi connectivity index (χ1) is 14.7. The van der Waals surface area contributed by atoms with Crippen LogP contribution >= 0.6 is 11.8 Å². The molecule has 30 heavy (non-hydrogen) atoms. The summed E-state index contributed by atoms with van der Waals surface area (Å²) in [6.45, 7) is 0. The van der Waals surface area contributed by atoms with Crippen LogP contribution in [0.15, 0.2) is 82.3 Å². The van der Waals surface area contributed by atoms with Crippen LogP contribution in [0.4, 0.5) is 11.4 Å². The van der Waals surface area contributed by atoms with E-state index in [4.69, 9.17) is 4.42 Å². The van der Waals surface area contributed by atoms with Crippen LogP contribution in [0.25, 0.3) is 17.1 Å². The van der Waals surface area contributed by atoms with Crippen molar-refractivity contribution < 1.29 is 14.0 Å². The highest BCUT2D eigenvalue weighted by molar-refractivity contribution is 8.00. The van der Waals surface area contributed by atoms with E-state index in [1.165, 1.54) is 11.8 Å². The van der Waals surface area contributed by atoms with Crippen LogP contribution in [-0.4, -0.2) is 27.3 Å². The zero-order valence-corrected chi connectivity index (χ0v) is 16.5. The van der Waals surface area contributed by atoms with Gasteiger partial charge in [0.15, 0.2) is 5.76 Å². The summed E-state index contributed by atoms with van der Waals surface area (Å²) in [5.74, 6) is 0.595. The first kappa shape index (κ1) is 18.3. The topological polar surface area (TPSA) is 89.2 Å². The van der Waals surface area contributed by atoms with E-state index in [9.17, 15) is 9.59 Å². The Labute approximate surface area is 176 Å². The summed E-state index contributed by atoms with van der Waals surface area (Å²) >= 11 is 1.47. The first-order valence-electron chi connectivity index (χ1n) is 9.25. The molecule has 0 spiro atoms. The largest absolute Gasteiger partial charge is 0.463 e. The van der Waals surface area contributed by atoms with E-state index < -0.39 is 0 Å². The Morgan fingerprint density at radius 1 is 1.10 bits per heavy atom. The van der Waals surface area contributed by atoms with E-state index >= 15 is 0 Å². The molecule has 8 heteroatoms. The second-order valence-corrected chi connectivity index (χ2v) is 7.66. The van der Waals surface area contributed by atoms with Gasteiger partial charge in [-0.15, -0.1) is 11.8 Å². The number of furan rings is 1. The third-order valence-electron chi connectivity index (χ3n) is 4.59. The monoisotopic (exact) mass is 416 g/mol. The van der Waals surface area contributed by atoms with Gasteiger partial charge in [0.25, 0.3) is 5.91 Å². The molecule has 0 atom stereocenters. The van der Waals surface area contributed by atoms with Crippen LogP contribution in [0.2, 0.25) is 0 Å². The lowest BCUT2D eigenvalue weighted by Gasteiger charge is -2.17. The van der Waals surface area contributed by atoms with Gasteiger partial charge in [-0.3, -0.25) is 9.59 Å². The van der Waals surface area contributed by atoms with Crippen LogP contribution in [0.5, 0.6) is 0 Å². The van der Waals surface area contributed by atoms with Crippen molar-refractivity contribution in [2.24, 2.45) is 0 Å². The Morgan fingerprint density at radius 2 is 1.97 bits per heavy atom. The summed E-state index contributed by atoms with van der Waals surface area (Å²) in [6, 6.07) is 20.1. The Kier molecular flexibility index (Phi) is 4.61. The Morgan fingerprint density at radius 3 is 2.77 bits per heavy atom. The van der Waals surface area contributed by atoms with E-state index in [1.54, 1.807) is 35.2 Å². The molecule has 3 heterocycles. The molecule has 7 nitrogen and oxygen atoms in total. The molecule has 5 rings (SSSR count). The van der Waals surface area contributed by atoms with Crippen molar-refractivity contribution in [2.45, 2.75) is 4.90 Å². The van der Waals surface area contributed by atoms with Crippen molar-refractivity contribution in [3.63, 3.8) is 0 Å². The Hall–Kier alpha value is -3.78. The molecule has 0 saturated heterocycles. The van der Waals surface area contributed by atoms with Crippen LogP contribution in [0.3, 0.4) is 0 Å². The van der Waals surface area contributed by atoms with Gasteiger partial charge < -0.3 is 15.1 Å². The van der Waals surface area contributed by atoms with Gasteiger partial charge in [0, 0.05) is 16.6 Å². The maximum absolute atomic E-state index is 13.1. The molecule has 0 fully saturated rings. The SMILES string of the molecule is O=C1CSc2ccc(NC(=O)c3cc(-c4ccco4)nn3-c3ccccc3)cc2N1. The summed E-state index contributed by atoms with van der Waals surface area (Å²) < 4.78 is 7.03. The zero-order valence-electron chi connectivity index (χ0n) is 15.7. The van der Waals surface area contributed by atoms with E-state index in [0.717, 1.165) is 10.6 Å². The highest BCUT2D eigenvalue weighted by atomic mass is 32.2. The van der Waals surface area contributed by atoms with Crippen molar-refractivity contribution in [1.82, 2.24) is 9.78 Å². The molecule has 4 aromatic rings. The molecular weight excluding hydrogens is 400 g/mol. The number of aromatic nitrogens is 2. The summed E-state index contributed by atoms with van der Waals surface area (Å²) in [7, 11) is 0. The third kappa shape index (κ3) is 3.48. The first-order valence-corrected chi connectivity index (χ1v) is 10.2. The smallest absolute Gasteiger partial charge is 0.274 e. The van der Waals surface area contributed by atoms with Crippen molar-refractivity contribution in [1.29, 1.82) is 0 Å². The number of rotatable bonds is 4. The van der Waals surface area contributed by atoms with Crippen molar-refractivity contribution in [3.8, 4) is 17.1 Å².